The molecule has 65 heavy (non-hydrogen) atoms. The highest BCUT2D eigenvalue weighted by molar-refractivity contribution is 5.76. The summed E-state index contributed by atoms with van der Waals surface area (Å²) in [5, 5.41) is 54.4. The van der Waals surface area contributed by atoms with Crippen LogP contribution < -0.4 is 5.32 Å². The summed E-state index contributed by atoms with van der Waals surface area (Å²) in [6, 6.07) is -0.820. The SMILES string of the molecule is CCCCCCCCCC/C=C\CCCCCCCCCCCCCCCC(=O)NC(COC1OC(CO)C(O)C(O)C1O)C(O)/C=C/CC/C=C/CCCCCCCCCCCCC. The second-order valence-electron chi connectivity index (χ2n) is 19.4. The summed E-state index contributed by atoms with van der Waals surface area (Å²) in [5.74, 6) is -0.184. The highest BCUT2D eigenvalue weighted by Gasteiger charge is 2.44. The van der Waals surface area contributed by atoms with Gasteiger partial charge < -0.3 is 40.3 Å². The highest BCUT2D eigenvalue weighted by Crippen LogP contribution is 2.23. The second-order valence-corrected chi connectivity index (χ2v) is 19.4. The van der Waals surface area contributed by atoms with Gasteiger partial charge in [0.25, 0.3) is 0 Å². The summed E-state index contributed by atoms with van der Waals surface area (Å²) >= 11 is 0. The van der Waals surface area contributed by atoms with Gasteiger partial charge in [-0.1, -0.05) is 230 Å². The van der Waals surface area contributed by atoms with Crippen molar-refractivity contribution in [1.29, 1.82) is 0 Å². The summed E-state index contributed by atoms with van der Waals surface area (Å²) in [6.07, 6.45) is 52.1. The number of ether oxygens (including phenoxy) is 2. The zero-order valence-corrected chi connectivity index (χ0v) is 42.3. The number of aliphatic hydroxyl groups excluding tert-OH is 5. The summed E-state index contributed by atoms with van der Waals surface area (Å²) in [6.45, 7) is 3.78. The molecule has 0 saturated carbocycles. The molecule has 1 heterocycles. The van der Waals surface area contributed by atoms with Crippen molar-refractivity contribution in [1.82, 2.24) is 5.32 Å². The van der Waals surface area contributed by atoms with E-state index in [1.807, 2.05) is 6.08 Å². The van der Waals surface area contributed by atoms with Gasteiger partial charge in [-0.3, -0.25) is 4.79 Å². The van der Waals surface area contributed by atoms with Crippen LogP contribution in [-0.4, -0.2) is 87.5 Å². The van der Waals surface area contributed by atoms with Crippen LogP contribution in [0.1, 0.15) is 258 Å². The maximum atomic E-state index is 13.0. The van der Waals surface area contributed by atoms with Crippen LogP contribution in [0.5, 0.6) is 0 Å². The molecule has 0 radical (unpaired) electrons. The molecule has 1 rings (SSSR count). The molecule has 382 valence electrons. The monoisotopic (exact) mass is 920 g/mol. The molecule has 1 aliphatic heterocycles. The van der Waals surface area contributed by atoms with Crippen molar-refractivity contribution >= 4 is 5.91 Å². The van der Waals surface area contributed by atoms with Crippen LogP contribution in [0.4, 0.5) is 0 Å². The van der Waals surface area contributed by atoms with Crippen LogP contribution in [0.3, 0.4) is 0 Å². The van der Waals surface area contributed by atoms with Gasteiger partial charge in [-0.25, -0.2) is 0 Å². The number of aliphatic hydroxyl groups is 5. The van der Waals surface area contributed by atoms with Crippen molar-refractivity contribution in [2.45, 2.75) is 301 Å². The van der Waals surface area contributed by atoms with E-state index in [0.29, 0.717) is 6.42 Å². The van der Waals surface area contributed by atoms with Crippen LogP contribution in [0.25, 0.3) is 0 Å². The second kappa shape index (κ2) is 46.2. The van der Waals surface area contributed by atoms with Crippen LogP contribution in [0.15, 0.2) is 36.5 Å². The van der Waals surface area contributed by atoms with E-state index in [0.717, 1.165) is 38.5 Å². The number of hydrogen-bond acceptors (Lipinski definition) is 8. The standard InChI is InChI=1S/C56H105NO8/c1-3-5-7-9-11-13-15-17-19-21-22-23-24-25-26-27-28-30-32-34-36-38-40-42-44-46-52(60)57-49(48-64-56-55(63)54(62)53(61)51(47-58)65-56)50(59)45-43-41-39-37-35-33-31-29-20-18-16-14-12-10-8-6-4-2/h21-22,35,37,43,45,49-51,53-56,58-59,61-63H,3-20,23-34,36,38-42,44,46-48H2,1-2H3,(H,57,60)/b22-21-,37-35+,45-43+. The first-order valence-corrected chi connectivity index (χ1v) is 27.7. The molecule has 0 aromatic heterocycles. The number of nitrogens with one attached hydrogen (secondary N) is 1. The first-order valence-electron chi connectivity index (χ1n) is 27.7. The Labute approximate surface area is 400 Å². The van der Waals surface area contributed by atoms with Crippen LogP contribution >= 0.6 is 0 Å². The molecule has 7 atom stereocenters. The fraction of sp³-hybridized carbons (Fsp3) is 0.875. The van der Waals surface area contributed by atoms with Gasteiger partial charge in [0.15, 0.2) is 6.29 Å². The summed E-state index contributed by atoms with van der Waals surface area (Å²) in [7, 11) is 0. The van der Waals surface area contributed by atoms with Gasteiger partial charge in [0, 0.05) is 6.42 Å². The third kappa shape index (κ3) is 36.1. The van der Waals surface area contributed by atoms with E-state index in [-0.39, 0.29) is 12.5 Å². The minimum atomic E-state index is -1.57. The first-order chi connectivity index (χ1) is 31.8. The number of rotatable bonds is 47. The average Bonchev–Trinajstić information content (AvgIpc) is 3.31. The zero-order chi connectivity index (χ0) is 47.3. The minimum absolute atomic E-state index is 0.184. The Morgan fingerprint density at radius 1 is 0.508 bits per heavy atom. The molecular formula is C56H105NO8. The number of hydrogen-bond donors (Lipinski definition) is 6. The molecule has 0 aliphatic carbocycles. The Kier molecular flexibility index (Phi) is 43.6. The van der Waals surface area contributed by atoms with Crippen LogP contribution in [0, 0.1) is 0 Å². The Morgan fingerprint density at radius 2 is 0.877 bits per heavy atom. The van der Waals surface area contributed by atoms with Gasteiger partial charge in [0.2, 0.25) is 5.91 Å². The van der Waals surface area contributed by atoms with Crippen molar-refractivity contribution in [3.63, 3.8) is 0 Å². The van der Waals surface area contributed by atoms with Gasteiger partial charge in [0.1, 0.15) is 24.4 Å². The lowest BCUT2D eigenvalue weighted by atomic mass is 9.99. The van der Waals surface area contributed by atoms with E-state index < -0.39 is 49.5 Å². The maximum Gasteiger partial charge on any atom is 0.220 e. The van der Waals surface area contributed by atoms with Gasteiger partial charge in [-0.05, 0) is 57.8 Å². The minimum Gasteiger partial charge on any atom is -0.394 e. The molecule has 7 unspecified atom stereocenters. The summed E-state index contributed by atoms with van der Waals surface area (Å²) in [4.78, 5) is 13.0. The van der Waals surface area contributed by atoms with E-state index in [2.05, 4.69) is 43.5 Å². The Bertz CT molecular complexity index is 1110. The van der Waals surface area contributed by atoms with Crippen LogP contribution in [-0.2, 0) is 14.3 Å². The molecular weight excluding hydrogens is 815 g/mol. The number of carbonyl (C=O) groups excluding carboxylic acids is 1. The Morgan fingerprint density at radius 3 is 1.29 bits per heavy atom. The lowest BCUT2D eigenvalue weighted by Gasteiger charge is -2.40. The van der Waals surface area contributed by atoms with Crippen molar-refractivity contribution in [2.24, 2.45) is 0 Å². The zero-order valence-electron chi connectivity index (χ0n) is 42.3. The third-order valence-electron chi connectivity index (χ3n) is 13.2. The van der Waals surface area contributed by atoms with E-state index in [1.54, 1.807) is 6.08 Å². The molecule has 0 aromatic carbocycles. The summed E-state index contributed by atoms with van der Waals surface area (Å²) in [5.41, 5.74) is 0. The molecule has 1 saturated heterocycles. The molecule has 1 fully saturated rings. The molecule has 9 nitrogen and oxygen atoms in total. The van der Waals surface area contributed by atoms with Crippen molar-refractivity contribution in [2.75, 3.05) is 13.2 Å². The van der Waals surface area contributed by atoms with E-state index in [1.165, 1.54) is 199 Å². The lowest BCUT2D eigenvalue weighted by molar-refractivity contribution is -0.302. The molecule has 0 aromatic rings. The number of carbonyl (C=O) groups is 1. The number of amides is 1. The van der Waals surface area contributed by atoms with Crippen molar-refractivity contribution in [3.8, 4) is 0 Å². The van der Waals surface area contributed by atoms with Gasteiger partial charge in [0.05, 0.1) is 25.4 Å². The fourth-order valence-corrected chi connectivity index (χ4v) is 8.76. The quantitative estimate of drug-likeness (QED) is 0.0261. The molecule has 0 spiro atoms. The number of unbranched alkanes of at least 4 members (excludes halogenated alkanes) is 33. The Balaban J connectivity index is 2.24. The topological polar surface area (TPSA) is 149 Å². The van der Waals surface area contributed by atoms with E-state index in [4.69, 9.17) is 9.47 Å². The highest BCUT2D eigenvalue weighted by atomic mass is 16.7. The molecule has 1 aliphatic rings. The maximum absolute atomic E-state index is 13.0. The van der Waals surface area contributed by atoms with Gasteiger partial charge in [-0.15, -0.1) is 0 Å². The van der Waals surface area contributed by atoms with Crippen molar-refractivity contribution < 1.29 is 39.8 Å². The molecule has 0 bridgehead atoms. The van der Waals surface area contributed by atoms with Gasteiger partial charge in [-0.2, -0.15) is 0 Å². The normalized spacial score (nSPS) is 20.1. The largest absolute Gasteiger partial charge is 0.394 e. The van der Waals surface area contributed by atoms with Crippen LogP contribution in [0.2, 0.25) is 0 Å². The first kappa shape index (κ1) is 61.4. The molecule has 1 amide bonds. The van der Waals surface area contributed by atoms with E-state index in [9.17, 15) is 30.3 Å². The predicted octanol–water partition coefficient (Wildman–Crippen LogP) is 13.2. The van der Waals surface area contributed by atoms with Gasteiger partial charge >= 0.3 is 0 Å². The lowest BCUT2D eigenvalue weighted by Crippen LogP contribution is -2.60. The molecule has 9 heteroatoms. The Hall–Kier alpha value is -1.59. The smallest absolute Gasteiger partial charge is 0.220 e. The molecule has 6 N–H and O–H groups in total. The number of allylic oxidation sites excluding steroid dienone is 5. The summed E-state index contributed by atoms with van der Waals surface area (Å²) < 4.78 is 11.2. The predicted molar refractivity (Wildman–Crippen MR) is 272 cm³/mol. The third-order valence-corrected chi connectivity index (χ3v) is 13.2. The fourth-order valence-electron chi connectivity index (χ4n) is 8.76. The van der Waals surface area contributed by atoms with E-state index >= 15 is 0 Å². The van der Waals surface area contributed by atoms with Crippen molar-refractivity contribution in [3.05, 3.63) is 36.5 Å². The average molecular weight is 920 g/mol.